The number of carbonyl (C=O) groups excluding carboxylic acids is 2. The van der Waals surface area contributed by atoms with Crippen molar-refractivity contribution in [2.24, 2.45) is 0 Å². The third kappa shape index (κ3) is 4.84. The lowest BCUT2D eigenvalue weighted by Gasteiger charge is -2.28. The summed E-state index contributed by atoms with van der Waals surface area (Å²) in [6.07, 6.45) is 0. The zero-order valence-electron chi connectivity index (χ0n) is 18.6. The second kappa shape index (κ2) is 9.97. The number of hydrogen-bond acceptors (Lipinski definition) is 6. The second-order valence-electron chi connectivity index (χ2n) is 7.91. The van der Waals surface area contributed by atoms with Gasteiger partial charge < -0.3 is 14.8 Å². The summed E-state index contributed by atoms with van der Waals surface area (Å²) in [7, 11) is 0. The molecule has 0 aromatic heterocycles. The molecule has 1 fully saturated rings. The molecular formula is C25H29N3O4. The Balaban J connectivity index is 1.59. The van der Waals surface area contributed by atoms with E-state index in [0.29, 0.717) is 44.2 Å². The Kier molecular flexibility index (Phi) is 6.87. The van der Waals surface area contributed by atoms with Gasteiger partial charge in [-0.1, -0.05) is 29.8 Å². The van der Waals surface area contributed by atoms with Crippen LogP contribution >= 0.6 is 0 Å². The van der Waals surface area contributed by atoms with E-state index in [1.165, 1.54) is 4.90 Å². The number of carbonyl (C=O) groups is 2. The van der Waals surface area contributed by atoms with Gasteiger partial charge in [0, 0.05) is 31.9 Å². The molecule has 0 atom stereocenters. The number of anilines is 1. The fraction of sp³-hybridized carbons (Fsp3) is 0.360. The summed E-state index contributed by atoms with van der Waals surface area (Å²) in [4.78, 5) is 30.3. The fourth-order valence-corrected chi connectivity index (χ4v) is 3.89. The zero-order valence-corrected chi connectivity index (χ0v) is 18.6. The van der Waals surface area contributed by atoms with E-state index in [2.05, 4.69) is 10.2 Å². The van der Waals surface area contributed by atoms with Gasteiger partial charge in [0.05, 0.1) is 25.4 Å². The Morgan fingerprint density at radius 3 is 2.28 bits per heavy atom. The maximum Gasteiger partial charge on any atom is 0.278 e. The van der Waals surface area contributed by atoms with Crippen molar-refractivity contribution >= 4 is 23.1 Å². The SMILES string of the molecule is CCOc1ccc(NC2=C(c3ccc(C)cc3)C(=O)N(CCN3CCOCC3)C2=O)cc1. The highest BCUT2D eigenvalue weighted by atomic mass is 16.5. The van der Waals surface area contributed by atoms with Gasteiger partial charge in [-0.3, -0.25) is 19.4 Å². The van der Waals surface area contributed by atoms with Crippen LogP contribution < -0.4 is 10.1 Å². The van der Waals surface area contributed by atoms with Crippen LogP contribution in [0.4, 0.5) is 5.69 Å². The summed E-state index contributed by atoms with van der Waals surface area (Å²) in [6.45, 7) is 8.48. The van der Waals surface area contributed by atoms with Crippen molar-refractivity contribution in [2.75, 3.05) is 51.3 Å². The molecule has 2 aliphatic heterocycles. The molecule has 32 heavy (non-hydrogen) atoms. The highest BCUT2D eigenvalue weighted by Gasteiger charge is 2.39. The number of imide groups is 1. The molecule has 1 N–H and O–H groups in total. The summed E-state index contributed by atoms with van der Waals surface area (Å²) < 4.78 is 10.9. The molecule has 2 aromatic rings. The van der Waals surface area contributed by atoms with Crippen LogP contribution in [0.25, 0.3) is 5.57 Å². The van der Waals surface area contributed by atoms with Crippen LogP contribution in [0.5, 0.6) is 5.75 Å². The quantitative estimate of drug-likeness (QED) is 0.643. The summed E-state index contributed by atoms with van der Waals surface area (Å²) in [5, 5.41) is 3.20. The second-order valence-corrected chi connectivity index (χ2v) is 7.91. The van der Waals surface area contributed by atoms with Crippen molar-refractivity contribution < 1.29 is 19.1 Å². The molecule has 168 valence electrons. The van der Waals surface area contributed by atoms with Crippen molar-refractivity contribution in [2.45, 2.75) is 13.8 Å². The largest absolute Gasteiger partial charge is 0.494 e. The standard InChI is InChI=1S/C25H29N3O4/c1-3-32-21-10-8-20(9-11-21)26-23-22(19-6-4-18(2)5-7-19)24(29)28(25(23)30)13-12-27-14-16-31-17-15-27/h4-11,26H,3,12-17H2,1-2H3. The van der Waals surface area contributed by atoms with Gasteiger partial charge in [0.1, 0.15) is 11.4 Å². The Labute approximate surface area is 188 Å². The van der Waals surface area contributed by atoms with Crippen molar-refractivity contribution in [1.82, 2.24) is 9.80 Å². The van der Waals surface area contributed by atoms with Gasteiger partial charge in [0.15, 0.2) is 0 Å². The summed E-state index contributed by atoms with van der Waals surface area (Å²) in [5.41, 5.74) is 3.27. The minimum absolute atomic E-state index is 0.263. The topological polar surface area (TPSA) is 71.1 Å². The molecule has 2 heterocycles. The minimum atomic E-state index is -0.298. The highest BCUT2D eigenvalue weighted by Crippen LogP contribution is 2.31. The summed E-state index contributed by atoms with van der Waals surface area (Å²) in [6, 6.07) is 15.1. The molecule has 0 spiro atoms. The van der Waals surface area contributed by atoms with E-state index >= 15 is 0 Å². The van der Waals surface area contributed by atoms with Crippen LogP contribution in [-0.2, 0) is 14.3 Å². The molecule has 2 aliphatic rings. The van der Waals surface area contributed by atoms with E-state index in [9.17, 15) is 9.59 Å². The number of nitrogens with zero attached hydrogens (tertiary/aromatic N) is 2. The normalized spacial score (nSPS) is 17.2. The highest BCUT2D eigenvalue weighted by molar-refractivity contribution is 6.36. The zero-order chi connectivity index (χ0) is 22.5. The van der Waals surface area contributed by atoms with Crippen molar-refractivity contribution in [3.05, 3.63) is 65.4 Å². The maximum absolute atomic E-state index is 13.4. The van der Waals surface area contributed by atoms with Gasteiger partial charge in [-0.05, 0) is 43.7 Å². The van der Waals surface area contributed by atoms with E-state index in [0.717, 1.165) is 35.7 Å². The van der Waals surface area contributed by atoms with Crippen LogP contribution in [-0.4, -0.2) is 67.6 Å². The Hall–Kier alpha value is -3.16. The molecule has 0 radical (unpaired) electrons. The lowest BCUT2D eigenvalue weighted by atomic mass is 10.0. The molecule has 0 aliphatic carbocycles. The molecule has 2 amide bonds. The van der Waals surface area contributed by atoms with Gasteiger partial charge in [-0.25, -0.2) is 0 Å². The number of hydrogen-bond donors (Lipinski definition) is 1. The summed E-state index contributed by atoms with van der Waals surface area (Å²) >= 11 is 0. The van der Waals surface area contributed by atoms with E-state index < -0.39 is 0 Å². The molecule has 0 bridgehead atoms. The molecule has 7 nitrogen and oxygen atoms in total. The number of rotatable bonds is 8. The third-order valence-corrected chi connectivity index (χ3v) is 5.69. The Morgan fingerprint density at radius 2 is 1.62 bits per heavy atom. The number of ether oxygens (including phenoxy) is 2. The van der Waals surface area contributed by atoms with Gasteiger partial charge >= 0.3 is 0 Å². The van der Waals surface area contributed by atoms with Crippen LogP contribution in [0.2, 0.25) is 0 Å². The van der Waals surface area contributed by atoms with Crippen molar-refractivity contribution in [3.63, 3.8) is 0 Å². The third-order valence-electron chi connectivity index (χ3n) is 5.69. The first kappa shape index (κ1) is 22.0. The van der Waals surface area contributed by atoms with E-state index in [1.807, 2.05) is 62.4 Å². The molecule has 7 heteroatoms. The molecule has 0 unspecified atom stereocenters. The number of aryl methyl sites for hydroxylation is 1. The first-order chi connectivity index (χ1) is 15.6. The van der Waals surface area contributed by atoms with Gasteiger partial charge in [-0.2, -0.15) is 0 Å². The van der Waals surface area contributed by atoms with Crippen LogP contribution in [0.15, 0.2) is 54.2 Å². The minimum Gasteiger partial charge on any atom is -0.494 e. The molecule has 0 saturated carbocycles. The predicted molar refractivity (Wildman–Crippen MR) is 123 cm³/mol. The number of nitrogens with one attached hydrogen (secondary N) is 1. The number of benzene rings is 2. The molecular weight excluding hydrogens is 406 g/mol. The average Bonchev–Trinajstić information content (AvgIpc) is 3.04. The number of amides is 2. The van der Waals surface area contributed by atoms with Crippen molar-refractivity contribution in [1.29, 1.82) is 0 Å². The van der Waals surface area contributed by atoms with Crippen LogP contribution in [0.1, 0.15) is 18.1 Å². The average molecular weight is 436 g/mol. The van der Waals surface area contributed by atoms with Gasteiger partial charge in [-0.15, -0.1) is 0 Å². The summed E-state index contributed by atoms with van der Waals surface area (Å²) in [5.74, 6) is 0.194. The molecule has 1 saturated heterocycles. The van der Waals surface area contributed by atoms with E-state index in [1.54, 1.807) is 0 Å². The Bertz CT molecular complexity index is 993. The van der Waals surface area contributed by atoms with Gasteiger partial charge in [0.25, 0.3) is 11.8 Å². The Morgan fingerprint density at radius 1 is 0.938 bits per heavy atom. The van der Waals surface area contributed by atoms with Crippen LogP contribution in [0, 0.1) is 6.92 Å². The first-order valence-electron chi connectivity index (χ1n) is 11.0. The number of morpholine rings is 1. The van der Waals surface area contributed by atoms with E-state index in [4.69, 9.17) is 9.47 Å². The first-order valence-corrected chi connectivity index (χ1v) is 11.0. The smallest absolute Gasteiger partial charge is 0.278 e. The fourth-order valence-electron chi connectivity index (χ4n) is 3.89. The van der Waals surface area contributed by atoms with Gasteiger partial charge in [0.2, 0.25) is 0 Å². The lowest BCUT2D eigenvalue weighted by Crippen LogP contribution is -2.43. The van der Waals surface area contributed by atoms with E-state index in [-0.39, 0.29) is 11.8 Å². The maximum atomic E-state index is 13.4. The predicted octanol–water partition coefficient (Wildman–Crippen LogP) is 2.92. The monoisotopic (exact) mass is 435 g/mol. The molecule has 4 rings (SSSR count). The lowest BCUT2D eigenvalue weighted by molar-refractivity contribution is -0.137. The molecule has 2 aromatic carbocycles. The van der Waals surface area contributed by atoms with Crippen molar-refractivity contribution in [3.8, 4) is 5.75 Å². The van der Waals surface area contributed by atoms with Crippen LogP contribution in [0.3, 0.4) is 0 Å².